The van der Waals surface area contributed by atoms with Crippen molar-refractivity contribution in [3.63, 3.8) is 0 Å². The third-order valence-corrected chi connectivity index (χ3v) is 3.76. The molecule has 4 N–H and O–H groups in total. The van der Waals surface area contributed by atoms with Crippen LogP contribution in [0.1, 0.15) is 0 Å². The molecule has 2 aromatic rings. The number of nitrogens with one attached hydrogen (secondary N) is 2. The number of hydrogen-bond donors (Lipinski definition) is 3. The van der Waals surface area contributed by atoms with Gasteiger partial charge in [0, 0.05) is 10.5 Å². The van der Waals surface area contributed by atoms with Crippen LogP contribution in [-0.2, 0) is 0 Å². The molecule has 1 aromatic heterocycles. The zero-order chi connectivity index (χ0) is 14.7. The van der Waals surface area contributed by atoms with Crippen molar-refractivity contribution in [2.75, 3.05) is 17.9 Å². The summed E-state index contributed by atoms with van der Waals surface area (Å²) in [5, 5.41) is 3.81. The molecule has 0 aliphatic carbocycles. The topological polar surface area (TPSA) is 72.2 Å². The fourth-order valence-corrected chi connectivity index (χ4v) is 2.32. The first-order valence-corrected chi connectivity index (χ1v) is 7.03. The van der Waals surface area contributed by atoms with E-state index >= 15 is 0 Å². The summed E-state index contributed by atoms with van der Waals surface area (Å²) in [7, 11) is 1.59. The number of hydrazine groups is 1. The number of benzene rings is 1. The first kappa shape index (κ1) is 15.2. The van der Waals surface area contributed by atoms with Crippen LogP contribution in [0.25, 0.3) is 0 Å². The highest BCUT2D eigenvalue weighted by Crippen LogP contribution is 2.34. The highest BCUT2D eigenvalue weighted by Gasteiger charge is 2.11. The molecule has 0 unspecified atom stereocenters. The van der Waals surface area contributed by atoms with Gasteiger partial charge in [-0.1, -0.05) is 23.2 Å². The summed E-state index contributed by atoms with van der Waals surface area (Å²) in [4.78, 5) is 4.21. The smallest absolute Gasteiger partial charge is 0.161 e. The lowest BCUT2D eigenvalue weighted by Crippen LogP contribution is -2.10. The van der Waals surface area contributed by atoms with E-state index < -0.39 is 0 Å². The maximum atomic E-state index is 6.11. The van der Waals surface area contributed by atoms with Gasteiger partial charge in [0.25, 0.3) is 0 Å². The maximum absolute atomic E-state index is 6.11. The maximum Gasteiger partial charge on any atom is 0.161 e. The Bertz CT molecular complexity index is 639. The number of nitrogens with zero attached hydrogens (tertiary/aromatic N) is 1. The van der Waals surface area contributed by atoms with Gasteiger partial charge >= 0.3 is 0 Å². The summed E-state index contributed by atoms with van der Waals surface area (Å²) < 4.78 is 6.02. The molecular formula is C12H11BrCl2N4O. The van der Waals surface area contributed by atoms with Crippen LogP contribution in [0, 0.1) is 0 Å². The Morgan fingerprint density at radius 2 is 1.90 bits per heavy atom. The van der Waals surface area contributed by atoms with Crippen molar-refractivity contribution >= 4 is 56.5 Å². The van der Waals surface area contributed by atoms with Crippen LogP contribution < -0.4 is 21.3 Å². The van der Waals surface area contributed by atoms with E-state index in [1.165, 1.54) is 0 Å². The molecule has 0 amide bonds. The standard InChI is InChI=1S/C12H11BrCl2N4O/c1-20-6-2-3-7(13)10(4-6)17-11-8(14)5-9(15)12(18-11)19-16/h2-5H,16H2,1H3,(H2,17,18,19). The van der Waals surface area contributed by atoms with Gasteiger partial charge in [0.05, 0.1) is 22.8 Å². The molecule has 0 bridgehead atoms. The highest BCUT2D eigenvalue weighted by atomic mass is 79.9. The molecule has 0 atom stereocenters. The van der Waals surface area contributed by atoms with E-state index in [2.05, 4.69) is 31.7 Å². The van der Waals surface area contributed by atoms with Crippen molar-refractivity contribution in [3.8, 4) is 5.75 Å². The summed E-state index contributed by atoms with van der Waals surface area (Å²) in [6, 6.07) is 7.06. The Labute approximate surface area is 134 Å². The molecule has 0 spiro atoms. The van der Waals surface area contributed by atoms with Gasteiger partial charge in [-0.05, 0) is 34.1 Å². The second-order valence-electron chi connectivity index (χ2n) is 3.76. The third-order valence-electron chi connectivity index (χ3n) is 2.49. The van der Waals surface area contributed by atoms with Crippen LogP contribution in [0.15, 0.2) is 28.7 Å². The number of hydrogen-bond acceptors (Lipinski definition) is 5. The lowest BCUT2D eigenvalue weighted by atomic mass is 10.3. The van der Waals surface area contributed by atoms with E-state index in [1.54, 1.807) is 13.2 Å². The molecule has 0 saturated heterocycles. The molecule has 8 heteroatoms. The minimum absolute atomic E-state index is 0.331. The molecule has 5 nitrogen and oxygen atoms in total. The van der Waals surface area contributed by atoms with Crippen molar-refractivity contribution in [2.45, 2.75) is 0 Å². The molecule has 0 aliphatic rings. The van der Waals surface area contributed by atoms with E-state index in [-0.39, 0.29) is 0 Å². The second kappa shape index (κ2) is 6.49. The number of nitrogen functional groups attached to an aromatic ring is 1. The van der Waals surface area contributed by atoms with Crippen molar-refractivity contribution in [1.82, 2.24) is 4.98 Å². The fourth-order valence-electron chi connectivity index (χ4n) is 1.51. The summed E-state index contributed by atoms with van der Waals surface area (Å²) in [5.74, 6) is 6.81. The van der Waals surface area contributed by atoms with E-state index in [0.717, 1.165) is 10.2 Å². The SMILES string of the molecule is COc1ccc(Br)c(Nc2nc(NN)c(Cl)cc2Cl)c1. The Morgan fingerprint density at radius 3 is 2.55 bits per heavy atom. The normalized spacial score (nSPS) is 10.2. The zero-order valence-electron chi connectivity index (χ0n) is 10.4. The molecular weight excluding hydrogens is 367 g/mol. The summed E-state index contributed by atoms with van der Waals surface area (Å²) in [6.07, 6.45) is 0. The van der Waals surface area contributed by atoms with E-state index in [0.29, 0.717) is 27.4 Å². The molecule has 20 heavy (non-hydrogen) atoms. The first-order chi connectivity index (χ1) is 9.55. The Morgan fingerprint density at radius 1 is 1.20 bits per heavy atom. The molecule has 0 aliphatic heterocycles. The molecule has 106 valence electrons. The quantitative estimate of drug-likeness (QED) is 0.550. The highest BCUT2D eigenvalue weighted by molar-refractivity contribution is 9.10. The third kappa shape index (κ3) is 3.27. The van der Waals surface area contributed by atoms with Gasteiger partial charge in [0.2, 0.25) is 0 Å². The average Bonchev–Trinajstić information content (AvgIpc) is 2.44. The Hall–Kier alpha value is -1.21. The van der Waals surface area contributed by atoms with Crippen LogP contribution >= 0.6 is 39.1 Å². The van der Waals surface area contributed by atoms with Gasteiger partial charge < -0.3 is 15.5 Å². The number of nitrogens with two attached hydrogens (primary N) is 1. The predicted octanol–water partition coefficient (Wildman–Crippen LogP) is 4.19. The van der Waals surface area contributed by atoms with Crippen molar-refractivity contribution in [1.29, 1.82) is 0 Å². The molecule has 1 aromatic carbocycles. The molecule has 2 rings (SSSR count). The number of anilines is 3. The van der Waals surface area contributed by atoms with Gasteiger partial charge in [-0.15, -0.1) is 0 Å². The largest absolute Gasteiger partial charge is 0.497 e. The summed E-state index contributed by atoms with van der Waals surface area (Å²) >= 11 is 15.5. The zero-order valence-corrected chi connectivity index (χ0v) is 13.5. The summed E-state index contributed by atoms with van der Waals surface area (Å²) in [6.45, 7) is 0. The number of pyridine rings is 1. The van der Waals surface area contributed by atoms with Gasteiger partial charge in [-0.25, -0.2) is 10.8 Å². The predicted molar refractivity (Wildman–Crippen MR) is 86.0 cm³/mol. The number of halogens is 3. The van der Waals surface area contributed by atoms with E-state index in [9.17, 15) is 0 Å². The number of rotatable bonds is 4. The van der Waals surface area contributed by atoms with Crippen molar-refractivity contribution < 1.29 is 4.74 Å². The molecule has 0 saturated carbocycles. The Balaban J connectivity index is 2.39. The first-order valence-electron chi connectivity index (χ1n) is 5.48. The molecule has 0 radical (unpaired) electrons. The lowest BCUT2D eigenvalue weighted by molar-refractivity contribution is 0.415. The monoisotopic (exact) mass is 376 g/mol. The summed E-state index contributed by atoms with van der Waals surface area (Å²) in [5.41, 5.74) is 3.16. The lowest BCUT2D eigenvalue weighted by Gasteiger charge is -2.12. The Kier molecular flexibility index (Phi) is 4.93. The van der Waals surface area contributed by atoms with Crippen LogP contribution in [0.4, 0.5) is 17.3 Å². The van der Waals surface area contributed by atoms with Gasteiger partial charge in [-0.2, -0.15) is 0 Å². The van der Waals surface area contributed by atoms with Crippen LogP contribution in [-0.4, -0.2) is 12.1 Å². The molecule has 1 heterocycles. The number of ether oxygens (including phenoxy) is 1. The van der Waals surface area contributed by atoms with Crippen LogP contribution in [0.5, 0.6) is 5.75 Å². The molecule has 0 fully saturated rings. The number of aromatic nitrogens is 1. The second-order valence-corrected chi connectivity index (χ2v) is 5.43. The van der Waals surface area contributed by atoms with E-state index in [4.69, 9.17) is 33.8 Å². The minimum atomic E-state index is 0.331. The average molecular weight is 378 g/mol. The van der Waals surface area contributed by atoms with E-state index in [1.807, 2.05) is 18.2 Å². The fraction of sp³-hybridized carbons (Fsp3) is 0.0833. The van der Waals surface area contributed by atoms with Crippen molar-refractivity contribution in [2.24, 2.45) is 5.84 Å². The van der Waals surface area contributed by atoms with Crippen LogP contribution in [0.2, 0.25) is 10.0 Å². The van der Waals surface area contributed by atoms with Gasteiger partial charge in [-0.3, -0.25) is 0 Å². The number of methoxy groups -OCH3 is 1. The van der Waals surface area contributed by atoms with Crippen LogP contribution in [0.3, 0.4) is 0 Å². The van der Waals surface area contributed by atoms with Gasteiger partial charge in [0.15, 0.2) is 11.6 Å². The van der Waals surface area contributed by atoms with Crippen molar-refractivity contribution in [3.05, 3.63) is 38.8 Å². The van der Waals surface area contributed by atoms with Gasteiger partial charge in [0.1, 0.15) is 5.75 Å². The minimum Gasteiger partial charge on any atom is -0.497 e.